The van der Waals surface area contributed by atoms with Crippen molar-refractivity contribution in [2.75, 3.05) is 0 Å². The van der Waals surface area contributed by atoms with Gasteiger partial charge in [0.25, 0.3) is 0 Å². The molecule has 1 heterocycles. The molecule has 18 heavy (non-hydrogen) atoms. The molecule has 0 amide bonds. The SMILES string of the molecule is Cc1cnc(/N=C/c2cc(Br)ccc2O)c(C)c1. The van der Waals surface area contributed by atoms with Gasteiger partial charge in [0.05, 0.1) is 0 Å². The lowest BCUT2D eigenvalue weighted by Gasteiger charge is -2.01. The lowest BCUT2D eigenvalue weighted by molar-refractivity contribution is 0.474. The van der Waals surface area contributed by atoms with E-state index in [-0.39, 0.29) is 5.75 Å². The molecule has 1 aromatic carbocycles. The minimum Gasteiger partial charge on any atom is -0.507 e. The zero-order valence-electron chi connectivity index (χ0n) is 10.2. The highest BCUT2D eigenvalue weighted by atomic mass is 79.9. The highest BCUT2D eigenvalue weighted by Gasteiger charge is 2.00. The second-order valence-corrected chi connectivity index (χ2v) is 5.03. The highest BCUT2D eigenvalue weighted by Crippen LogP contribution is 2.21. The maximum absolute atomic E-state index is 9.69. The zero-order valence-corrected chi connectivity index (χ0v) is 11.8. The van der Waals surface area contributed by atoms with Crippen molar-refractivity contribution in [2.24, 2.45) is 4.99 Å². The predicted molar refractivity (Wildman–Crippen MR) is 76.8 cm³/mol. The molecule has 0 radical (unpaired) electrons. The Labute approximate surface area is 114 Å². The van der Waals surface area contributed by atoms with Gasteiger partial charge in [-0.15, -0.1) is 0 Å². The summed E-state index contributed by atoms with van der Waals surface area (Å²) in [6, 6.07) is 7.24. The van der Waals surface area contributed by atoms with E-state index >= 15 is 0 Å². The molecule has 2 rings (SSSR count). The molecule has 1 aromatic heterocycles. The van der Waals surface area contributed by atoms with Crippen molar-refractivity contribution in [1.29, 1.82) is 0 Å². The standard InChI is InChI=1S/C14H13BrN2O/c1-9-5-10(2)14(16-7-9)17-8-11-6-12(15)3-4-13(11)18/h3-8,18H,1-2H3/b17-8+. The fourth-order valence-electron chi connectivity index (χ4n) is 1.60. The minimum atomic E-state index is 0.201. The molecule has 0 saturated heterocycles. The molecule has 0 fully saturated rings. The summed E-state index contributed by atoms with van der Waals surface area (Å²) in [6.07, 6.45) is 3.39. The number of nitrogens with zero attached hydrogens (tertiary/aromatic N) is 2. The topological polar surface area (TPSA) is 45.5 Å². The molecular formula is C14H13BrN2O. The third kappa shape index (κ3) is 2.96. The number of hydrogen-bond donors (Lipinski definition) is 1. The second kappa shape index (κ2) is 5.31. The van der Waals surface area contributed by atoms with Crippen LogP contribution < -0.4 is 0 Å². The Hall–Kier alpha value is -1.68. The average molecular weight is 305 g/mol. The van der Waals surface area contributed by atoms with Crippen molar-refractivity contribution in [3.05, 3.63) is 51.6 Å². The first-order valence-corrected chi connectivity index (χ1v) is 6.31. The predicted octanol–water partition coefficient (Wildman–Crippen LogP) is 3.92. The summed E-state index contributed by atoms with van der Waals surface area (Å²) >= 11 is 3.36. The average Bonchev–Trinajstić information content (AvgIpc) is 2.32. The Morgan fingerprint density at radius 3 is 2.78 bits per heavy atom. The number of benzene rings is 1. The van der Waals surface area contributed by atoms with Crippen molar-refractivity contribution < 1.29 is 5.11 Å². The van der Waals surface area contributed by atoms with E-state index in [1.54, 1.807) is 24.5 Å². The summed E-state index contributed by atoms with van der Waals surface area (Å²) < 4.78 is 0.898. The smallest absolute Gasteiger partial charge is 0.154 e. The summed E-state index contributed by atoms with van der Waals surface area (Å²) in [5.41, 5.74) is 2.78. The van der Waals surface area contributed by atoms with E-state index in [9.17, 15) is 5.11 Å². The van der Waals surface area contributed by atoms with E-state index in [2.05, 4.69) is 25.9 Å². The van der Waals surface area contributed by atoms with Gasteiger partial charge in [-0.3, -0.25) is 0 Å². The van der Waals surface area contributed by atoms with Crippen LogP contribution in [0.15, 0.2) is 39.9 Å². The Morgan fingerprint density at radius 1 is 1.28 bits per heavy atom. The van der Waals surface area contributed by atoms with Gasteiger partial charge in [-0.1, -0.05) is 22.0 Å². The van der Waals surface area contributed by atoms with Gasteiger partial charge in [0, 0.05) is 22.4 Å². The summed E-state index contributed by atoms with van der Waals surface area (Å²) in [6.45, 7) is 3.96. The van der Waals surface area contributed by atoms with Crippen LogP contribution in [0.2, 0.25) is 0 Å². The van der Waals surface area contributed by atoms with Gasteiger partial charge in [-0.2, -0.15) is 0 Å². The van der Waals surface area contributed by atoms with Crippen LogP contribution in [-0.2, 0) is 0 Å². The maximum Gasteiger partial charge on any atom is 0.154 e. The number of aryl methyl sites for hydroxylation is 2. The van der Waals surface area contributed by atoms with Crippen LogP contribution in [0.3, 0.4) is 0 Å². The van der Waals surface area contributed by atoms with Crippen molar-refractivity contribution in [3.63, 3.8) is 0 Å². The molecule has 0 unspecified atom stereocenters. The fraction of sp³-hybridized carbons (Fsp3) is 0.143. The molecule has 92 valence electrons. The number of rotatable bonds is 2. The fourth-order valence-corrected chi connectivity index (χ4v) is 1.98. The number of aliphatic imine (C=N–C) groups is 1. The van der Waals surface area contributed by atoms with E-state index in [0.29, 0.717) is 11.4 Å². The largest absolute Gasteiger partial charge is 0.507 e. The summed E-state index contributed by atoms with van der Waals surface area (Å²) in [5, 5.41) is 9.69. The van der Waals surface area contributed by atoms with Crippen LogP contribution in [0.1, 0.15) is 16.7 Å². The molecule has 3 nitrogen and oxygen atoms in total. The Bertz CT molecular complexity index is 609. The van der Waals surface area contributed by atoms with Gasteiger partial charge in [0.1, 0.15) is 5.75 Å². The van der Waals surface area contributed by atoms with Crippen LogP contribution in [-0.4, -0.2) is 16.3 Å². The summed E-state index contributed by atoms with van der Waals surface area (Å²) in [4.78, 5) is 8.56. The van der Waals surface area contributed by atoms with Crippen molar-refractivity contribution in [2.45, 2.75) is 13.8 Å². The first kappa shape index (κ1) is 12.8. The first-order chi connectivity index (χ1) is 8.56. The van der Waals surface area contributed by atoms with E-state index in [4.69, 9.17) is 0 Å². The van der Waals surface area contributed by atoms with Crippen LogP contribution >= 0.6 is 15.9 Å². The maximum atomic E-state index is 9.69. The van der Waals surface area contributed by atoms with Crippen LogP contribution in [0.4, 0.5) is 5.82 Å². The Kier molecular flexibility index (Phi) is 3.77. The summed E-state index contributed by atoms with van der Waals surface area (Å²) in [7, 11) is 0. The molecule has 0 aliphatic rings. The number of phenols is 1. The van der Waals surface area contributed by atoms with Crippen LogP contribution in [0.5, 0.6) is 5.75 Å². The minimum absolute atomic E-state index is 0.201. The molecule has 0 atom stereocenters. The van der Waals surface area contributed by atoms with E-state index in [1.165, 1.54) is 0 Å². The molecule has 0 saturated carbocycles. The van der Waals surface area contributed by atoms with Gasteiger partial charge in [-0.05, 0) is 43.2 Å². The van der Waals surface area contributed by atoms with Gasteiger partial charge >= 0.3 is 0 Å². The first-order valence-electron chi connectivity index (χ1n) is 5.52. The monoisotopic (exact) mass is 304 g/mol. The van der Waals surface area contributed by atoms with E-state index < -0.39 is 0 Å². The van der Waals surface area contributed by atoms with Gasteiger partial charge in [0.15, 0.2) is 5.82 Å². The third-order valence-corrected chi connectivity index (χ3v) is 3.00. The highest BCUT2D eigenvalue weighted by molar-refractivity contribution is 9.10. The molecule has 0 aliphatic carbocycles. The quantitative estimate of drug-likeness (QED) is 0.855. The molecular weight excluding hydrogens is 292 g/mol. The van der Waals surface area contributed by atoms with Crippen molar-refractivity contribution in [1.82, 2.24) is 4.98 Å². The molecule has 0 spiro atoms. The molecule has 4 heteroatoms. The number of pyridine rings is 1. The van der Waals surface area contributed by atoms with Crippen LogP contribution in [0.25, 0.3) is 0 Å². The molecule has 0 aliphatic heterocycles. The molecule has 0 bridgehead atoms. The van der Waals surface area contributed by atoms with Gasteiger partial charge < -0.3 is 5.11 Å². The third-order valence-electron chi connectivity index (χ3n) is 2.50. The van der Waals surface area contributed by atoms with Crippen LogP contribution in [0, 0.1) is 13.8 Å². The van der Waals surface area contributed by atoms with Crippen molar-refractivity contribution >= 4 is 28.0 Å². The van der Waals surface area contributed by atoms with Crippen molar-refractivity contribution in [3.8, 4) is 5.75 Å². The molecule has 1 N–H and O–H groups in total. The Morgan fingerprint density at radius 2 is 2.06 bits per heavy atom. The number of phenolic OH excluding ortho intramolecular Hbond substituents is 1. The van der Waals surface area contributed by atoms with E-state index in [0.717, 1.165) is 15.6 Å². The summed E-state index contributed by atoms with van der Waals surface area (Å²) in [5.74, 6) is 0.867. The van der Waals surface area contributed by atoms with Gasteiger partial charge in [0.2, 0.25) is 0 Å². The number of aromatic hydroxyl groups is 1. The second-order valence-electron chi connectivity index (χ2n) is 4.11. The zero-order chi connectivity index (χ0) is 13.1. The van der Waals surface area contributed by atoms with Gasteiger partial charge in [-0.25, -0.2) is 9.98 Å². The molecule has 2 aromatic rings. The lowest BCUT2D eigenvalue weighted by atomic mass is 10.2. The number of halogens is 1. The Balaban J connectivity index is 2.32. The number of aromatic nitrogens is 1. The number of hydrogen-bond acceptors (Lipinski definition) is 3. The lowest BCUT2D eigenvalue weighted by Crippen LogP contribution is -1.86. The normalized spacial score (nSPS) is 11.1. The van der Waals surface area contributed by atoms with E-state index in [1.807, 2.05) is 26.0 Å².